The number of hydrogen-bond acceptors (Lipinski definition) is 2. The number of nitrogens with one attached hydrogen (secondary N) is 1. The predicted octanol–water partition coefficient (Wildman–Crippen LogP) is 2.61. The first-order valence-corrected chi connectivity index (χ1v) is 5.66. The number of carbonyl (C=O) groups excluding carboxylic acids is 1. The van der Waals surface area contributed by atoms with E-state index in [1.807, 2.05) is 32.9 Å². The highest BCUT2D eigenvalue weighted by molar-refractivity contribution is 5.76. The smallest absolute Gasteiger partial charge is 0.220 e. The van der Waals surface area contributed by atoms with Crippen LogP contribution in [0.1, 0.15) is 38.3 Å². The van der Waals surface area contributed by atoms with Crippen molar-refractivity contribution in [1.82, 2.24) is 5.32 Å². The molecule has 1 aromatic rings. The van der Waals surface area contributed by atoms with Gasteiger partial charge in [-0.25, -0.2) is 0 Å². The van der Waals surface area contributed by atoms with E-state index >= 15 is 0 Å². The average molecular weight is 230 g/mol. The summed E-state index contributed by atoms with van der Waals surface area (Å²) in [6.07, 6.45) is 0.517. The second kappa shape index (κ2) is 5.49. The first kappa shape index (κ1) is 13.2. The highest BCUT2D eigenvalue weighted by atomic mass is 16.1. The third-order valence-corrected chi connectivity index (χ3v) is 2.26. The minimum atomic E-state index is 0.00868. The Morgan fingerprint density at radius 3 is 2.35 bits per heavy atom. The van der Waals surface area contributed by atoms with Gasteiger partial charge in [0, 0.05) is 13.0 Å². The number of rotatable bonds is 3. The van der Waals surface area contributed by atoms with E-state index in [0.29, 0.717) is 18.5 Å². The van der Waals surface area contributed by atoms with Crippen LogP contribution in [0.2, 0.25) is 0 Å². The van der Waals surface area contributed by atoms with Gasteiger partial charge in [-0.05, 0) is 23.1 Å². The van der Waals surface area contributed by atoms with Crippen molar-refractivity contribution in [2.24, 2.45) is 5.41 Å². The molecule has 0 fully saturated rings. The lowest BCUT2D eigenvalue weighted by Crippen LogP contribution is -2.27. The van der Waals surface area contributed by atoms with E-state index < -0.39 is 0 Å². The van der Waals surface area contributed by atoms with Gasteiger partial charge in [0.1, 0.15) is 0 Å². The van der Waals surface area contributed by atoms with Crippen molar-refractivity contribution in [3.05, 3.63) is 35.4 Å². The summed E-state index contributed by atoms with van der Waals surface area (Å²) >= 11 is 0. The molecule has 0 aliphatic heterocycles. The van der Waals surface area contributed by atoms with E-state index in [4.69, 9.17) is 5.26 Å². The van der Waals surface area contributed by atoms with Gasteiger partial charge in [-0.3, -0.25) is 4.79 Å². The molecule has 0 aliphatic carbocycles. The molecule has 0 aliphatic rings. The van der Waals surface area contributed by atoms with Crippen LogP contribution in [0.3, 0.4) is 0 Å². The lowest BCUT2D eigenvalue weighted by Gasteiger charge is -2.17. The molecule has 17 heavy (non-hydrogen) atoms. The van der Waals surface area contributed by atoms with Gasteiger partial charge in [0.15, 0.2) is 0 Å². The van der Waals surface area contributed by atoms with Gasteiger partial charge in [-0.2, -0.15) is 5.26 Å². The van der Waals surface area contributed by atoms with Crippen molar-refractivity contribution in [2.45, 2.75) is 33.7 Å². The van der Waals surface area contributed by atoms with Crippen molar-refractivity contribution >= 4 is 5.91 Å². The highest BCUT2D eigenvalue weighted by Crippen LogP contribution is 2.17. The monoisotopic (exact) mass is 230 g/mol. The van der Waals surface area contributed by atoms with E-state index in [1.54, 1.807) is 12.1 Å². The molecule has 1 aromatic carbocycles. The molecule has 0 heterocycles. The molecule has 1 rings (SSSR count). The second-order valence-corrected chi connectivity index (χ2v) is 5.32. The third-order valence-electron chi connectivity index (χ3n) is 2.26. The van der Waals surface area contributed by atoms with E-state index in [1.165, 1.54) is 0 Å². The number of nitriles is 1. The van der Waals surface area contributed by atoms with Crippen LogP contribution in [-0.2, 0) is 11.3 Å². The molecular formula is C14H18N2O. The normalized spacial score (nSPS) is 10.7. The summed E-state index contributed by atoms with van der Waals surface area (Å²) in [5.74, 6) is 0.0573. The summed E-state index contributed by atoms with van der Waals surface area (Å²) in [5.41, 5.74) is 1.65. The van der Waals surface area contributed by atoms with Crippen LogP contribution in [-0.4, -0.2) is 5.91 Å². The number of amides is 1. The van der Waals surface area contributed by atoms with Crippen molar-refractivity contribution in [3.8, 4) is 6.07 Å². The zero-order chi connectivity index (χ0) is 12.9. The first-order chi connectivity index (χ1) is 7.90. The van der Waals surface area contributed by atoms with Crippen LogP contribution in [0.5, 0.6) is 0 Å². The molecule has 0 unspecified atom stereocenters. The summed E-state index contributed by atoms with van der Waals surface area (Å²) in [6, 6.07) is 9.29. The molecule has 0 bridgehead atoms. The Bertz CT molecular complexity index is 421. The number of benzene rings is 1. The van der Waals surface area contributed by atoms with Crippen molar-refractivity contribution in [1.29, 1.82) is 5.26 Å². The van der Waals surface area contributed by atoms with Crippen LogP contribution in [0.25, 0.3) is 0 Å². The summed E-state index contributed by atoms with van der Waals surface area (Å²) in [5, 5.41) is 11.5. The maximum atomic E-state index is 11.6. The summed E-state index contributed by atoms with van der Waals surface area (Å²) < 4.78 is 0. The van der Waals surface area contributed by atoms with Crippen LogP contribution in [0.4, 0.5) is 0 Å². The Morgan fingerprint density at radius 2 is 1.88 bits per heavy atom. The predicted molar refractivity (Wildman–Crippen MR) is 67.1 cm³/mol. The molecule has 0 saturated heterocycles. The van der Waals surface area contributed by atoms with Gasteiger partial charge >= 0.3 is 0 Å². The van der Waals surface area contributed by atoms with E-state index in [2.05, 4.69) is 11.4 Å². The third kappa shape index (κ3) is 5.17. The molecular weight excluding hydrogens is 212 g/mol. The maximum Gasteiger partial charge on any atom is 0.220 e. The van der Waals surface area contributed by atoms with Gasteiger partial charge < -0.3 is 5.32 Å². The molecule has 0 aromatic heterocycles. The molecule has 3 nitrogen and oxygen atoms in total. The van der Waals surface area contributed by atoms with E-state index in [0.717, 1.165) is 5.56 Å². The van der Waals surface area contributed by atoms with E-state index in [9.17, 15) is 4.79 Å². The largest absolute Gasteiger partial charge is 0.352 e. The summed E-state index contributed by atoms with van der Waals surface area (Å²) in [6.45, 7) is 6.62. The molecule has 0 spiro atoms. The zero-order valence-electron chi connectivity index (χ0n) is 10.6. The Labute approximate surface area is 102 Å². The Kier molecular flexibility index (Phi) is 4.28. The minimum absolute atomic E-state index is 0.00868. The Morgan fingerprint density at radius 1 is 1.29 bits per heavy atom. The SMILES string of the molecule is CC(C)(C)CC(=O)NCc1ccc(C#N)cc1. The molecule has 0 atom stereocenters. The molecule has 90 valence electrons. The topological polar surface area (TPSA) is 52.9 Å². The quantitative estimate of drug-likeness (QED) is 0.867. The number of nitrogens with zero attached hydrogens (tertiary/aromatic N) is 1. The van der Waals surface area contributed by atoms with Gasteiger partial charge in [-0.15, -0.1) is 0 Å². The summed E-state index contributed by atoms with van der Waals surface area (Å²) in [4.78, 5) is 11.6. The highest BCUT2D eigenvalue weighted by Gasteiger charge is 2.15. The Balaban J connectivity index is 2.45. The Hall–Kier alpha value is -1.82. The molecule has 1 amide bonds. The van der Waals surface area contributed by atoms with Crippen LogP contribution in [0.15, 0.2) is 24.3 Å². The van der Waals surface area contributed by atoms with Crippen molar-refractivity contribution in [2.75, 3.05) is 0 Å². The molecule has 3 heteroatoms. The average Bonchev–Trinajstić information content (AvgIpc) is 2.25. The lowest BCUT2D eigenvalue weighted by atomic mass is 9.92. The van der Waals surface area contributed by atoms with Crippen molar-refractivity contribution in [3.63, 3.8) is 0 Å². The molecule has 0 radical (unpaired) electrons. The van der Waals surface area contributed by atoms with Gasteiger partial charge in [0.25, 0.3) is 0 Å². The standard InChI is InChI=1S/C14H18N2O/c1-14(2,3)8-13(17)16-10-12-6-4-11(9-15)5-7-12/h4-7H,8,10H2,1-3H3,(H,16,17). The fourth-order valence-electron chi connectivity index (χ4n) is 1.44. The van der Waals surface area contributed by atoms with E-state index in [-0.39, 0.29) is 11.3 Å². The van der Waals surface area contributed by atoms with Crippen LogP contribution >= 0.6 is 0 Å². The van der Waals surface area contributed by atoms with Gasteiger partial charge in [0.2, 0.25) is 5.91 Å². The fraction of sp³-hybridized carbons (Fsp3) is 0.429. The van der Waals surface area contributed by atoms with Gasteiger partial charge in [-0.1, -0.05) is 32.9 Å². The molecule has 0 saturated carbocycles. The van der Waals surface area contributed by atoms with Crippen molar-refractivity contribution < 1.29 is 4.79 Å². The first-order valence-electron chi connectivity index (χ1n) is 5.66. The number of hydrogen-bond donors (Lipinski definition) is 1. The fourth-order valence-corrected chi connectivity index (χ4v) is 1.44. The molecule has 1 N–H and O–H groups in total. The van der Waals surface area contributed by atoms with Crippen LogP contribution in [0, 0.1) is 16.7 Å². The van der Waals surface area contributed by atoms with Gasteiger partial charge in [0.05, 0.1) is 11.6 Å². The zero-order valence-corrected chi connectivity index (χ0v) is 10.6. The summed E-state index contributed by atoms with van der Waals surface area (Å²) in [7, 11) is 0. The van der Waals surface area contributed by atoms with Crippen LogP contribution < -0.4 is 5.32 Å². The number of carbonyl (C=O) groups is 1. The maximum absolute atomic E-state index is 11.6. The second-order valence-electron chi connectivity index (χ2n) is 5.32. The minimum Gasteiger partial charge on any atom is -0.352 e. The lowest BCUT2D eigenvalue weighted by molar-refractivity contribution is -0.122.